The minimum atomic E-state index is 0.550. The molecule has 0 fully saturated rings. The van der Waals surface area contributed by atoms with Crippen LogP contribution in [0.5, 0.6) is 0 Å². The Morgan fingerprint density at radius 3 is 1.48 bits per heavy atom. The Bertz CT molecular complexity index is 4280. The number of rotatable bonds is 7. The first-order valence-corrected chi connectivity index (χ1v) is 23.4. The fourth-order valence-corrected chi connectivity index (χ4v) is 10.6. The van der Waals surface area contributed by atoms with Gasteiger partial charge in [0.05, 0.1) is 38.8 Å². The van der Waals surface area contributed by atoms with E-state index in [2.05, 4.69) is 238 Å². The van der Waals surface area contributed by atoms with Crippen LogP contribution in [0.2, 0.25) is 0 Å². The van der Waals surface area contributed by atoms with Gasteiger partial charge in [-0.3, -0.25) is 4.57 Å². The molecule has 4 aromatic heterocycles. The van der Waals surface area contributed by atoms with Crippen LogP contribution in [-0.2, 0) is 0 Å². The molecular formula is C63H40N6. The molecule has 0 radical (unpaired) electrons. The van der Waals surface area contributed by atoms with Gasteiger partial charge in [-0.15, -0.1) is 0 Å². The van der Waals surface area contributed by atoms with Gasteiger partial charge in [-0.1, -0.05) is 194 Å². The van der Waals surface area contributed by atoms with Gasteiger partial charge in [0.2, 0.25) is 5.95 Å². The molecule has 0 aliphatic rings. The lowest BCUT2D eigenvalue weighted by Gasteiger charge is -2.16. The summed E-state index contributed by atoms with van der Waals surface area (Å²) in [6.45, 7) is 0. The second kappa shape index (κ2) is 15.6. The molecule has 0 bridgehead atoms. The number of fused-ring (bicyclic) bond motifs is 10. The third-order valence-corrected chi connectivity index (χ3v) is 13.7. The van der Waals surface area contributed by atoms with Gasteiger partial charge in [0, 0.05) is 54.7 Å². The van der Waals surface area contributed by atoms with Crippen molar-refractivity contribution in [3.8, 4) is 62.4 Å². The molecule has 6 nitrogen and oxygen atoms in total. The number of aromatic nitrogens is 6. The number of hydrogen-bond donors (Lipinski definition) is 0. The fourth-order valence-electron chi connectivity index (χ4n) is 10.6. The highest BCUT2D eigenvalue weighted by Crippen LogP contribution is 2.44. The molecule has 0 amide bonds. The first-order chi connectivity index (χ1) is 34.2. The summed E-state index contributed by atoms with van der Waals surface area (Å²) < 4.78 is 7.07. The first-order valence-electron chi connectivity index (χ1n) is 23.4. The van der Waals surface area contributed by atoms with E-state index in [1.54, 1.807) is 0 Å². The molecule has 0 saturated heterocycles. The van der Waals surface area contributed by atoms with Crippen molar-refractivity contribution in [2.75, 3.05) is 0 Å². The van der Waals surface area contributed by atoms with Crippen LogP contribution in [0.1, 0.15) is 0 Å². The van der Waals surface area contributed by atoms with Crippen LogP contribution in [0.4, 0.5) is 0 Å². The van der Waals surface area contributed by atoms with E-state index in [0.29, 0.717) is 17.6 Å². The molecule has 69 heavy (non-hydrogen) atoms. The Kier molecular flexibility index (Phi) is 8.79. The van der Waals surface area contributed by atoms with E-state index < -0.39 is 0 Å². The normalized spacial score (nSPS) is 11.8. The summed E-state index contributed by atoms with van der Waals surface area (Å²) in [5.41, 5.74) is 15.1. The standard InChI is InChI=1S/C63H40N6/c1-5-19-41(20-6-1)44-33-35-47(42-21-7-2-8-22-42)57(39-44)68-55-32-18-15-29-52(55)59-56(68)38-37-51-49-28-14-17-31-54(49)69(60(51)59)63-65-61(43-23-9-3-10-24-43)64-62(66-63)45-34-36-50-48-27-13-16-30-53(48)67(58(50)40-45)46-25-11-4-12-26-46/h1-40H. The summed E-state index contributed by atoms with van der Waals surface area (Å²) in [7, 11) is 0. The van der Waals surface area contributed by atoms with Gasteiger partial charge in [0.25, 0.3) is 0 Å². The highest BCUT2D eigenvalue weighted by atomic mass is 15.2. The van der Waals surface area contributed by atoms with Crippen LogP contribution in [0, 0.1) is 0 Å². The Morgan fingerprint density at radius 2 is 0.783 bits per heavy atom. The van der Waals surface area contributed by atoms with Crippen molar-refractivity contribution in [2.45, 2.75) is 0 Å². The van der Waals surface area contributed by atoms with Crippen LogP contribution in [0.3, 0.4) is 0 Å². The summed E-state index contributed by atoms with van der Waals surface area (Å²) in [5.74, 6) is 1.75. The Hall–Kier alpha value is -9.39. The molecular weight excluding hydrogens is 841 g/mol. The van der Waals surface area contributed by atoms with Crippen molar-refractivity contribution in [2.24, 2.45) is 0 Å². The Morgan fingerprint density at radius 1 is 0.275 bits per heavy atom. The Labute approximate surface area is 397 Å². The van der Waals surface area contributed by atoms with Gasteiger partial charge in [-0.05, 0) is 65.2 Å². The number of nitrogens with zero attached hydrogens (tertiary/aromatic N) is 6. The van der Waals surface area contributed by atoms with E-state index in [-0.39, 0.29) is 0 Å². The summed E-state index contributed by atoms with van der Waals surface area (Å²) in [4.78, 5) is 16.2. The van der Waals surface area contributed by atoms with Gasteiger partial charge in [0.15, 0.2) is 11.6 Å². The minimum absolute atomic E-state index is 0.550. The quantitative estimate of drug-likeness (QED) is 0.160. The fraction of sp³-hybridized carbons (Fsp3) is 0. The van der Waals surface area contributed by atoms with Gasteiger partial charge >= 0.3 is 0 Å². The second-order valence-electron chi connectivity index (χ2n) is 17.6. The van der Waals surface area contributed by atoms with Gasteiger partial charge < -0.3 is 9.13 Å². The third kappa shape index (κ3) is 6.16. The maximum absolute atomic E-state index is 5.51. The summed E-state index contributed by atoms with van der Waals surface area (Å²) >= 11 is 0. The molecule has 0 saturated carbocycles. The maximum atomic E-state index is 5.51. The van der Waals surface area contributed by atoms with Crippen molar-refractivity contribution < 1.29 is 0 Å². The zero-order chi connectivity index (χ0) is 45.4. The average Bonchev–Trinajstić information content (AvgIpc) is 4.07. The zero-order valence-electron chi connectivity index (χ0n) is 37.3. The molecule has 0 N–H and O–H groups in total. The highest BCUT2D eigenvalue weighted by molar-refractivity contribution is 6.26. The van der Waals surface area contributed by atoms with Crippen molar-refractivity contribution in [1.29, 1.82) is 0 Å². The lowest BCUT2D eigenvalue weighted by Crippen LogP contribution is -2.06. The molecule has 14 rings (SSSR count). The molecule has 14 aromatic rings. The van der Waals surface area contributed by atoms with Crippen LogP contribution in [0.25, 0.3) is 128 Å². The molecule has 0 atom stereocenters. The van der Waals surface area contributed by atoms with Gasteiger partial charge in [-0.25, -0.2) is 4.98 Å². The van der Waals surface area contributed by atoms with Gasteiger partial charge in [0.1, 0.15) is 0 Å². The molecule has 0 aliphatic heterocycles. The monoisotopic (exact) mass is 880 g/mol. The molecule has 322 valence electrons. The van der Waals surface area contributed by atoms with E-state index >= 15 is 0 Å². The van der Waals surface area contributed by atoms with Crippen molar-refractivity contribution >= 4 is 65.4 Å². The smallest absolute Gasteiger partial charge is 0.238 e. The minimum Gasteiger partial charge on any atom is -0.309 e. The van der Waals surface area contributed by atoms with Crippen molar-refractivity contribution in [1.82, 2.24) is 28.7 Å². The van der Waals surface area contributed by atoms with Gasteiger partial charge in [-0.2, -0.15) is 9.97 Å². The first kappa shape index (κ1) is 38.8. The largest absolute Gasteiger partial charge is 0.309 e. The molecule has 10 aromatic carbocycles. The van der Waals surface area contributed by atoms with E-state index in [4.69, 9.17) is 15.0 Å². The molecule has 0 aliphatic carbocycles. The van der Waals surface area contributed by atoms with Crippen molar-refractivity contribution in [3.63, 3.8) is 0 Å². The summed E-state index contributed by atoms with van der Waals surface area (Å²) in [6.07, 6.45) is 0. The zero-order valence-corrected chi connectivity index (χ0v) is 37.3. The summed E-state index contributed by atoms with van der Waals surface area (Å²) in [5, 5.41) is 6.88. The summed E-state index contributed by atoms with van der Waals surface area (Å²) in [6, 6.07) is 86.3. The average molecular weight is 881 g/mol. The van der Waals surface area contributed by atoms with E-state index in [1.807, 2.05) is 18.2 Å². The van der Waals surface area contributed by atoms with Crippen LogP contribution < -0.4 is 0 Å². The number of para-hydroxylation sites is 4. The number of hydrogen-bond acceptors (Lipinski definition) is 3. The predicted octanol–water partition coefficient (Wildman–Crippen LogP) is 15.8. The SMILES string of the molecule is c1ccc(-c2ccc(-c3ccccc3)c(-n3c4ccccc4c4c3ccc3c5ccccc5n(-c5nc(-c6ccccc6)nc(-c6ccc7c8ccccc8n(-c8ccccc8)c7c6)n5)c34)c2)cc1. The van der Waals surface area contributed by atoms with Crippen LogP contribution in [0.15, 0.2) is 243 Å². The van der Waals surface area contributed by atoms with E-state index in [1.165, 1.54) is 16.3 Å². The number of benzene rings is 10. The topological polar surface area (TPSA) is 53.5 Å². The molecule has 0 spiro atoms. The second-order valence-corrected chi connectivity index (χ2v) is 17.6. The lowest BCUT2D eigenvalue weighted by atomic mass is 9.98. The predicted molar refractivity (Wildman–Crippen MR) is 285 cm³/mol. The lowest BCUT2D eigenvalue weighted by molar-refractivity contribution is 0.955. The van der Waals surface area contributed by atoms with Crippen molar-refractivity contribution in [3.05, 3.63) is 243 Å². The van der Waals surface area contributed by atoms with Crippen LogP contribution >= 0.6 is 0 Å². The third-order valence-electron chi connectivity index (χ3n) is 13.7. The molecule has 0 unspecified atom stereocenters. The van der Waals surface area contributed by atoms with E-state index in [0.717, 1.165) is 93.8 Å². The molecule has 4 heterocycles. The highest BCUT2D eigenvalue weighted by Gasteiger charge is 2.25. The van der Waals surface area contributed by atoms with E-state index in [9.17, 15) is 0 Å². The Balaban J connectivity index is 1.07. The maximum Gasteiger partial charge on any atom is 0.238 e. The molecule has 6 heteroatoms. The van der Waals surface area contributed by atoms with Crippen LogP contribution in [-0.4, -0.2) is 28.7 Å².